The predicted molar refractivity (Wildman–Crippen MR) is 66.7 cm³/mol. The zero-order valence-corrected chi connectivity index (χ0v) is 12.0. The van der Waals surface area contributed by atoms with E-state index in [1.54, 1.807) is 0 Å². The first-order valence-corrected chi connectivity index (χ1v) is 6.38. The van der Waals surface area contributed by atoms with E-state index in [0.717, 1.165) is 28.1 Å². The van der Waals surface area contributed by atoms with E-state index in [4.69, 9.17) is 5.11 Å². The van der Waals surface area contributed by atoms with Crippen molar-refractivity contribution >= 4 is 31.9 Å². The first kappa shape index (κ1) is 13.2. The maximum absolute atomic E-state index is 8.81. The van der Waals surface area contributed by atoms with Crippen LogP contribution in [0.4, 0.5) is 0 Å². The number of hydrogen-bond acceptors (Lipinski definition) is 3. The lowest BCUT2D eigenvalue weighted by atomic mass is 10.5. The van der Waals surface area contributed by atoms with Gasteiger partial charge in [-0.2, -0.15) is 0 Å². The zero-order valence-electron chi connectivity index (χ0n) is 8.87. The number of hydrogen-bond donors (Lipinski definition) is 1. The van der Waals surface area contributed by atoms with Crippen LogP contribution in [0.3, 0.4) is 0 Å². The van der Waals surface area contributed by atoms with Gasteiger partial charge >= 0.3 is 0 Å². The molecule has 86 valence electrons. The van der Waals surface area contributed by atoms with E-state index in [1.165, 1.54) is 0 Å². The standard InChI is InChI=1S/C9H15Br2N3O/c1-3-14-7(6-13(2)4-5-15)12-8(10)9(14)11/h15H,3-6H2,1-2H3. The average Bonchev–Trinajstić information content (AvgIpc) is 2.42. The molecule has 0 aliphatic rings. The van der Waals surface area contributed by atoms with Crippen molar-refractivity contribution in [3.05, 3.63) is 15.0 Å². The minimum atomic E-state index is 0.172. The van der Waals surface area contributed by atoms with E-state index in [-0.39, 0.29) is 6.61 Å². The van der Waals surface area contributed by atoms with Gasteiger partial charge in [0.15, 0.2) is 0 Å². The molecule has 0 aliphatic carbocycles. The molecule has 0 spiro atoms. The average molecular weight is 341 g/mol. The second-order valence-corrected chi connectivity index (χ2v) is 4.82. The van der Waals surface area contributed by atoms with E-state index in [2.05, 4.69) is 48.3 Å². The third kappa shape index (κ3) is 3.27. The number of rotatable bonds is 5. The van der Waals surface area contributed by atoms with Gasteiger partial charge in [-0.1, -0.05) is 0 Å². The molecule has 0 radical (unpaired) electrons. The van der Waals surface area contributed by atoms with Crippen LogP contribution in [-0.2, 0) is 13.1 Å². The molecule has 0 aromatic carbocycles. The van der Waals surface area contributed by atoms with Crippen molar-refractivity contribution in [2.24, 2.45) is 0 Å². The Hall–Kier alpha value is 0.0900. The predicted octanol–water partition coefficient (Wildman–Crippen LogP) is 1.85. The molecule has 1 N–H and O–H groups in total. The third-order valence-corrected chi connectivity index (χ3v) is 4.04. The second-order valence-electron chi connectivity index (χ2n) is 3.32. The van der Waals surface area contributed by atoms with Crippen LogP contribution in [-0.4, -0.2) is 39.8 Å². The maximum atomic E-state index is 8.81. The van der Waals surface area contributed by atoms with Crippen LogP contribution >= 0.6 is 31.9 Å². The fraction of sp³-hybridized carbons (Fsp3) is 0.667. The van der Waals surface area contributed by atoms with Gasteiger partial charge in [0.05, 0.1) is 13.2 Å². The van der Waals surface area contributed by atoms with Crippen molar-refractivity contribution < 1.29 is 5.11 Å². The molecule has 0 amide bonds. The van der Waals surface area contributed by atoms with Crippen molar-refractivity contribution in [1.29, 1.82) is 0 Å². The molecule has 0 bridgehead atoms. The Morgan fingerprint density at radius 1 is 1.47 bits per heavy atom. The van der Waals surface area contributed by atoms with Crippen LogP contribution in [0.2, 0.25) is 0 Å². The van der Waals surface area contributed by atoms with Gasteiger partial charge in [0, 0.05) is 13.1 Å². The summed E-state index contributed by atoms with van der Waals surface area (Å²) in [5.74, 6) is 0.993. The summed E-state index contributed by atoms with van der Waals surface area (Å²) in [4.78, 5) is 6.45. The first-order valence-electron chi connectivity index (χ1n) is 4.80. The van der Waals surface area contributed by atoms with Crippen molar-refractivity contribution in [2.75, 3.05) is 20.2 Å². The van der Waals surface area contributed by atoms with Crippen molar-refractivity contribution in [3.63, 3.8) is 0 Å². The summed E-state index contributed by atoms with van der Waals surface area (Å²) in [7, 11) is 1.96. The van der Waals surface area contributed by atoms with Crippen LogP contribution < -0.4 is 0 Å². The van der Waals surface area contributed by atoms with Gasteiger partial charge in [0.25, 0.3) is 0 Å². The smallest absolute Gasteiger partial charge is 0.139 e. The Kier molecular flexibility index (Phi) is 5.25. The Morgan fingerprint density at radius 3 is 2.67 bits per heavy atom. The summed E-state index contributed by atoms with van der Waals surface area (Å²) in [5.41, 5.74) is 0. The number of nitrogens with zero attached hydrogens (tertiary/aromatic N) is 3. The van der Waals surface area contributed by atoms with Gasteiger partial charge in [-0.05, 0) is 45.8 Å². The highest BCUT2D eigenvalue weighted by atomic mass is 79.9. The van der Waals surface area contributed by atoms with E-state index >= 15 is 0 Å². The Labute approximate surface area is 107 Å². The summed E-state index contributed by atoms with van der Waals surface area (Å²) >= 11 is 6.87. The summed E-state index contributed by atoms with van der Waals surface area (Å²) in [5, 5.41) is 8.81. The van der Waals surface area contributed by atoms with Crippen LogP contribution in [0.25, 0.3) is 0 Å². The molecule has 0 saturated carbocycles. The highest BCUT2D eigenvalue weighted by Crippen LogP contribution is 2.24. The lowest BCUT2D eigenvalue weighted by molar-refractivity contribution is 0.213. The van der Waals surface area contributed by atoms with Crippen LogP contribution in [0.5, 0.6) is 0 Å². The summed E-state index contributed by atoms with van der Waals surface area (Å²) in [6, 6.07) is 0. The first-order chi connectivity index (χ1) is 7.10. The molecule has 0 aliphatic heterocycles. The number of aliphatic hydroxyl groups excluding tert-OH is 1. The highest BCUT2D eigenvalue weighted by Gasteiger charge is 2.13. The SMILES string of the molecule is CCn1c(CN(C)CCO)nc(Br)c1Br. The molecular formula is C9H15Br2N3O. The number of halogens is 2. The Morgan fingerprint density at radius 2 is 2.13 bits per heavy atom. The van der Waals surface area contributed by atoms with Gasteiger partial charge in [0.2, 0.25) is 0 Å². The minimum absolute atomic E-state index is 0.172. The van der Waals surface area contributed by atoms with Crippen LogP contribution in [0, 0.1) is 0 Å². The van der Waals surface area contributed by atoms with Crippen molar-refractivity contribution in [1.82, 2.24) is 14.5 Å². The summed E-state index contributed by atoms with van der Waals surface area (Å²) in [6.45, 7) is 4.52. The van der Waals surface area contributed by atoms with E-state index in [9.17, 15) is 0 Å². The molecule has 15 heavy (non-hydrogen) atoms. The van der Waals surface area contributed by atoms with E-state index < -0.39 is 0 Å². The molecule has 0 atom stereocenters. The quantitative estimate of drug-likeness (QED) is 0.889. The van der Waals surface area contributed by atoms with Gasteiger partial charge in [-0.15, -0.1) is 0 Å². The largest absolute Gasteiger partial charge is 0.395 e. The number of aromatic nitrogens is 2. The van der Waals surface area contributed by atoms with Crippen molar-refractivity contribution in [3.8, 4) is 0 Å². The maximum Gasteiger partial charge on any atom is 0.139 e. The fourth-order valence-electron chi connectivity index (χ4n) is 1.38. The van der Waals surface area contributed by atoms with Crippen LogP contribution in [0.15, 0.2) is 9.21 Å². The molecule has 0 unspecified atom stereocenters. The lowest BCUT2D eigenvalue weighted by Gasteiger charge is -2.15. The van der Waals surface area contributed by atoms with Crippen LogP contribution in [0.1, 0.15) is 12.7 Å². The summed E-state index contributed by atoms with van der Waals surface area (Å²) < 4.78 is 3.90. The number of aliphatic hydroxyl groups is 1. The zero-order chi connectivity index (χ0) is 11.4. The van der Waals surface area contributed by atoms with E-state index in [1.807, 2.05) is 11.9 Å². The molecular weight excluding hydrogens is 326 g/mol. The lowest BCUT2D eigenvalue weighted by Crippen LogP contribution is -2.23. The Balaban J connectivity index is 2.80. The Bertz CT molecular complexity index is 327. The van der Waals surface area contributed by atoms with Gasteiger partial charge in [-0.25, -0.2) is 4.98 Å². The molecule has 1 heterocycles. The van der Waals surface area contributed by atoms with E-state index in [0.29, 0.717) is 6.54 Å². The molecule has 4 nitrogen and oxygen atoms in total. The van der Waals surface area contributed by atoms with Gasteiger partial charge in [-0.3, -0.25) is 4.90 Å². The minimum Gasteiger partial charge on any atom is -0.395 e. The highest BCUT2D eigenvalue weighted by molar-refractivity contribution is 9.13. The summed E-state index contributed by atoms with van der Waals surface area (Å²) in [6.07, 6.45) is 0. The van der Waals surface area contributed by atoms with Crippen molar-refractivity contribution in [2.45, 2.75) is 20.0 Å². The third-order valence-electron chi connectivity index (χ3n) is 2.16. The normalized spacial score (nSPS) is 11.3. The topological polar surface area (TPSA) is 41.3 Å². The molecule has 1 aromatic rings. The molecule has 0 saturated heterocycles. The molecule has 6 heteroatoms. The number of likely N-dealkylation sites (N-methyl/N-ethyl adjacent to an activating group) is 1. The monoisotopic (exact) mass is 339 g/mol. The molecule has 0 fully saturated rings. The second kappa shape index (κ2) is 5.98. The van der Waals surface area contributed by atoms with Gasteiger partial charge < -0.3 is 9.67 Å². The fourth-order valence-corrected chi connectivity index (χ4v) is 2.34. The molecule has 1 aromatic heterocycles. The number of imidazole rings is 1. The molecule has 1 rings (SSSR count). The van der Waals surface area contributed by atoms with Gasteiger partial charge in [0.1, 0.15) is 15.0 Å².